The van der Waals surface area contributed by atoms with Crippen molar-refractivity contribution in [3.8, 4) is 0 Å². The Labute approximate surface area is 109 Å². The Bertz CT molecular complexity index is 495. The fraction of sp³-hybridized carbons (Fsp3) is 0.333. The molecule has 0 aliphatic rings. The average molecular weight is 269 g/mol. The molecule has 1 N–H and O–H groups in total. The van der Waals surface area contributed by atoms with Crippen LogP contribution in [0, 0.1) is 0 Å². The van der Waals surface area contributed by atoms with E-state index in [0.717, 1.165) is 16.1 Å². The van der Waals surface area contributed by atoms with Crippen molar-refractivity contribution in [2.45, 2.75) is 25.9 Å². The van der Waals surface area contributed by atoms with Crippen molar-refractivity contribution >= 4 is 23.1 Å². The van der Waals surface area contributed by atoms with Crippen molar-refractivity contribution in [2.75, 3.05) is 0 Å². The lowest BCUT2D eigenvalue weighted by atomic mass is 10.0. The van der Waals surface area contributed by atoms with Crippen molar-refractivity contribution in [2.24, 2.45) is 0 Å². The summed E-state index contributed by atoms with van der Waals surface area (Å²) in [4.78, 5) is 0.808. The van der Waals surface area contributed by atoms with E-state index >= 15 is 0 Å². The van der Waals surface area contributed by atoms with E-state index in [2.05, 4.69) is 9.59 Å². The first-order valence-electron chi connectivity index (χ1n) is 5.35. The van der Waals surface area contributed by atoms with Crippen molar-refractivity contribution in [1.82, 2.24) is 9.59 Å². The largest absolute Gasteiger partial charge is 0.383 e. The number of benzene rings is 1. The molecule has 1 aromatic heterocycles. The number of aliphatic hydroxyl groups is 1. The highest BCUT2D eigenvalue weighted by atomic mass is 35.5. The lowest BCUT2D eigenvalue weighted by Gasteiger charge is -2.11. The minimum Gasteiger partial charge on any atom is -0.383 e. The average Bonchev–Trinajstić information content (AvgIpc) is 2.78. The van der Waals surface area contributed by atoms with Gasteiger partial charge in [0.05, 0.1) is 10.6 Å². The summed E-state index contributed by atoms with van der Waals surface area (Å²) < 4.78 is 3.91. The van der Waals surface area contributed by atoms with Crippen molar-refractivity contribution in [3.63, 3.8) is 0 Å². The predicted molar refractivity (Wildman–Crippen MR) is 69.5 cm³/mol. The molecule has 17 heavy (non-hydrogen) atoms. The van der Waals surface area contributed by atoms with Crippen LogP contribution in [-0.4, -0.2) is 14.7 Å². The summed E-state index contributed by atoms with van der Waals surface area (Å²) in [6.07, 6.45) is -0.676. The number of aliphatic hydroxyl groups excluding tert-OH is 1. The number of halogens is 1. The molecule has 0 aliphatic carbocycles. The third-order valence-electron chi connectivity index (χ3n) is 2.52. The maximum atomic E-state index is 10.3. The van der Waals surface area contributed by atoms with E-state index in [-0.39, 0.29) is 5.92 Å². The highest BCUT2D eigenvalue weighted by molar-refractivity contribution is 7.05. The topological polar surface area (TPSA) is 46.0 Å². The van der Waals surface area contributed by atoms with Gasteiger partial charge in [0.25, 0.3) is 0 Å². The second-order valence-electron chi connectivity index (χ2n) is 4.13. The zero-order chi connectivity index (χ0) is 12.4. The predicted octanol–water partition coefficient (Wildman–Crippen LogP) is 3.40. The molecule has 2 aromatic rings. The molecule has 0 bridgehead atoms. The van der Waals surface area contributed by atoms with E-state index in [0.29, 0.717) is 5.02 Å². The van der Waals surface area contributed by atoms with E-state index < -0.39 is 6.10 Å². The highest BCUT2D eigenvalue weighted by Crippen LogP contribution is 2.30. The zero-order valence-corrected chi connectivity index (χ0v) is 11.2. The van der Waals surface area contributed by atoms with Gasteiger partial charge < -0.3 is 5.11 Å². The Balaban J connectivity index is 2.33. The second-order valence-corrected chi connectivity index (χ2v) is 5.35. The summed E-state index contributed by atoms with van der Waals surface area (Å²) >= 11 is 7.06. The van der Waals surface area contributed by atoms with Gasteiger partial charge in [0.15, 0.2) is 0 Å². The van der Waals surface area contributed by atoms with Crippen LogP contribution in [0.25, 0.3) is 0 Å². The van der Waals surface area contributed by atoms with Crippen LogP contribution in [0.4, 0.5) is 0 Å². The van der Waals surface area contributed by atoms with Gasteiger partial charge in [0.1, 0.15) is 6.10 Å². The van der Waals surface area contributed by atoms with Crippen LogP contribution in [0.2, 0.25) is 5.02 Å². The molecule has 0 aliphatic heterocycles. The van der Waals surface area contributed by atoms with Gasteiger partial charge in [-0.1, -0.05) is 42.1 Å². The molecule has 0 amide bonds. The van der Waals surface area contributed by atoms with E-state index in [1.165, 1.54) is 11.5 Å². The first-order chi connectivity index (χ1) is 8.09. The molecule has 0 radical (unpaired) electrons. The normalized spacial score (nSPS) is 13.0. The van der Waals surface area contributed by atoms with E-state index in [4.69, 9.17) is 11.6 Å². The van der Waals surface area contributed by atoms with Gasteiger partial charge in [0, 0.05) is 5.02 Å². The standard InChI is InChI=1S/C12H13ClN2OS/c1-7(2)10-12(17-15-14-10)11(16)8-3-5-9(13)6-4-8/h3-7,11,16H,1-2H3. The molecule has 0 saturated carbocycles. The molecule has 0 spiro atoms. The quantitative estimate of drug-likeness (QED) is 0.928. The first kappa shape index (κ1) is 12.5. The Morgan fingerprint density at radius 1 is 1.24 bits per heavy atom. The fourth-order valence-corrected chi connectivity index (χ4v) is 2.54. The van der Waals surface area contributed by atoms with E-state index in [9.17, 15) is 5.11 Å². The molecule has 5 heteroatoms. The third kappa shape index (κ3) is 2.65. The molecule has 90 valence electrons. The van der Waals surface area contributed by atoms with Crippen LogP contribution in [-0.2, 0) is 0 Å². The molecule has 0 saturated heterocycles. The summed E-state index contributed by atoms with van der Waals surface area (Å²) in [5.41, 5.74) is 1.67. The van der Waals surface area contributed by atoms with Crippen molar-refractivity contribution < 1.29 is 5.11 Å². The Morgan fingerprint density at radius 3 is 2.47 bits per heavy atom. The molecule has 1 heterocycles. The molecule has 1 unspecified atom stereocenters. The molecule has 1 aromatic carbocycles. The molecular formula is C12H13ClN2OS. The van der Waals surface area contributed by atoms with Gasteiger partial charge in [-0.15, -0.1) is 5.10 Å². The van der Waals surface area contributed by atoms with Gasteiger partial charge in [-0.3, -0.25) is 0 Å². The second kappa shape index (κ2) is 5.12. The molecule has 0 fully saturated rings. The van der Waals surface area contributed by atoms with Crippen LogP contribution in [0.15, 0.2) is 24.3 Å². The smallest absolute Gasteiger partial charge is 0.117 e. The lowest BCUT2D eigenvalue weighted by Crippen LogP contribution is -2.02. The summed E-state index contributed by atoms with van der Waals surface area (Å²) in [5.74, 6) is 0.255. The minimum absolute atomic E-state index is 0.255. The molecular weight excluding hydrogens is 256 g/mol. The zero-order valence-electron chi connectivity index (χ0n) is 9.59. The maximum absolute atomic E-state index is 10.3. The summed E-state index contributed by atoms with van der Waals surface area (Å²) in [5, 5.41) is 15.0. The van der Waals surface area contributed by atoms with Crippen LogP contribution in [0.3, 0.4) is 0 Å². The Kier molecular flexibility index (Phi) is 3.76. The minimum atomic E-state index is -0.676. The van der Waals surface area contributed by atoms with Gasteiger partial charge in [-0.05, 0) is 35.1 Å². The summed E-state index contributed by atoms with van der Waals surface area (Å²) in [7, 11) is 0. The number of nitrogens with zero attached hydrogens (tertiary/aromatic N) is 2. The van der Waals surface area contributed by atoms with Crippen LogP contribution in [0.1, 0.15) is 42.0 Å². The van der Waals surface area contributed by atoms with Gasteiger partial charge in [-0.25, -0.2) is 0 Å². The SMILES string of the molecule is CC(C)c1nnsc1C(O)c1ccc(Cl)cc1. The van der Waals surface area contributed by atoms with E-state index in [1.807, 2.05) is 26.0 Å². The molecule has 2 rings (SSSR count). The summed E-state index contributed by atoms with van der Waals surface area (Å²) in [6, 6.07) is 7.17. The molecule has 1 atom stereocenters. The number of rotatable bonds is 3. The van der Waals surface area contributed by atoms with Crippen LogP contribution >= 0.6 is 23.1 Å². The highest BCUT2D eigenvalue weighted by Gasteiger charge is 2.20. The first-order valence-corrected chi connectivity index (χ1v) is 6.50. The fourth-order valence-electron chi connectivity index (χ4n) is 1.59. The van der Waals surface area contributed by atoms with Crippen molar-refractivity contribution in [1.29, 1.82) is 0 Å². The number of hydrogen-bond donors (Lipinski definition) is 1. The number of hydrogen-bond acceptors (Lipinski definition) is 4. The van der Waals surface area contributed by atoms with E-state index in [1.54, 1.807) is 12.1 Å². The number of aromatic nitrogens is 2. The summed E-state index contributed by atoms with van der Waals surface area (Å²) in [6.45, 7) is 4.07. The van der Waals surface area contributed by atoms with Crippen LogP contribution in [0.5, 0.6) is 0 Å². The Hall–Kier alpha value is -0.970. The lowest BCUT2D eigenvalue weighted by molar-refractivity contribution is 0.222. The Morgan fingerprint density at radius 2 is 1.88 bits per heavy atom. The molecule has 3 nitrogen and oxygen atoms in total. The van der Waals surface area contributed by atoms with Crippen LogP contribution < -0.4 is 0 Å². The van der Waals surface area contributed by atoms with Gasteiger partial charge in [-0.2, -0.15) is 0 Å². The maximum Gasteiger partial charge on any atom is 0.117 e. The van der Waals surface area contributed by atoms with Crippen molar-refractivity contribution in [3.05, 3.63) is 45.4 Å². The van der Waals surface area contributed by atoms with Gasteiger partial charge >= 0.3 is 0 Å². The monoisotopic (exact) mass is 268 g/mol. The van der Waals surface area contributed by atoms with Gasteiger partial charge in [0.2, 0.25) is 0 Å². The third-order valence-corrected chi connectivity index (χ3v) is 3.57.